The van der Waals surface area contributed by atoms with Crippen LogP contribution in [0.2, 0.25) is 0 Å². The van der Waals surface area contributed by atoms with Crippen molar-refractivity contribution in [3.05, 3.63) is 71.2 Å². The van der Waals surface area contributed by atoms with Crippen molar-refractivity contribution in [2.24, 2.45) is 5.41 Å². The predicted molar refractivity (Wildman–Crippen MR) is 96.3 cm³/mol. The van der Waals surface area contributed by atoms with E-state index in [0.717, 1.165) is 4.57 Å². The standard InChI is InChI=1S/C17H19NO4.C2H6/c1-5-12(10-17(3,4)6-2)14(19)11-18-13(16(21)22)8-7-9-15(18)20;1-2/h5-10H,1-2,11H2,3-4H3,(H,21,22);1-2H3/b12-10+;. The maximum absolute atomic E-state index is 12.3. The number of nitrogens with zero attached hydrogens (tertiary/aromatic N) is 1. The molecule has 1 aromatic rings. The smallest absolute Gasteiger partial charge is 0.352 e. The lowest BCUT2D eigenvalue weighted by Gasteiger charge is -2.16. The van der Waals surface area contributed by atoms with Crippen LogP contribution >= 0.6 is 0 Å². The first-order valence-corrected chi connectivity index (χ1v) is 7.67. The van der Waals surface area contributed by atoms with Crippen molar-refractivity contribution >= 4 is 11.8 Å². The van der Waals surface area contributed by atoms with Crippen LogP contribution < -0.4 is 5.56 Å². The molecule has 0 aliphatic carbocycles. The van der Waals surface area contributed by atoms with Crippen molar-refractivity contribution in [3.63, 3.8) is 0 Å². The van der Waals surface area contributed by atoms with Crippen molar-refractivity contribution in [3.8, 4) is 0 Å². The highest BCUT2D eigenvalue weighted by atomic mass is 16.4. The van der Waals surface area contributed by atoms with Crippen LogP contribution in [0, 0.1) is 5.41 Å². The second kappa shape index (κ2) is 9.45. The highest BCUT2D eigenvalue weighted by molar-refractivity contribution is 5.98. The zero-order valence-electron chi connectivity index (χ0n) is 14.7. The summed E-state index contributed by atoms with van der Waals surface area (Å²) in [6.45, 7) is 14.7. The molecular weight excluding hydrogens is 306 g/mol. The molecule has 0 radical (unpaired) electrons. The molecule has 24 heavy (non-hydrogen) atoms. The first-order valence-electron chi connectivity index (χ1n) is 7.67. The molecule has 0 unspecified atom stereocenters. The van der Waals surface area contributed by atoms with Gasteiger partial charge in [0.05, 0.1) is 6.54 Å². The number of aromatic nitrogens is 1. The van der Waals surface area contributed by atoms with E-state index >= 15 is 0 Å². The van der Waals surface area contributed by atoms with E-state index in [1.807, 2.05) is 27.7 Å². The van der Waals surface area contributed by atoms with Gasteiger partial charge in [0.2, 0.25) is 0 Å². The molecule has 0 bridgehead atoms. The third-order valence-corrected chi connectivity index (χ3v) is 3.17. The Kier molecular flexibility index (Phi) is 8.39. The highest BCUT2D eigenvalue weighted by Gasteiger charge is 2.17. The summed E-state index contributed by atoms with van der Waals surface area (Å²) in [5, 5.41) is 9.10. The Morgan fingerprint density at radius 1 is 1.25 bits per heavy atom. The molecule has 0 amide bonds. The fourth-order valence-corrected chi connectivity index (χ4v) is 1.82. The maximum atomic E-state index is 12.3. The van der Waals surface area contributed by atoms with Crippen molar-refractivity contribution in [2.45, 2.75) is 34.2 Å². The van der Waals surface area contributed by atoms with Gasteiger partial charge in [-0.05, 0) is 6.07 Å². The Morgan fingerprint density at radius 2 is 1.83 bits per heavy atom. The minimum atomic E-state index is -1.26. The Balaban J connectivity index is 0.00000254. The van der Waals surface area contributed by atoms with Gasteiger partial charge in [-0.1, -0.05) is 58.6 Å². The second-order valence-electron chi connectivity index (χ2n) is 5.39. The number of carboxylic acid groups (broad SMARTS) is 1. The van der Waals surface area contributed by atoms with Gasteiger partial charge in [0, 0.05) is 17.1 Å². The van der Waals surface area contributed by atoms with E-state index in [9.17, 15) is 14.4 Å². The zero-order valence-corrected chi connectivity index (χ0v) is 14.7. The van der Waals surface area contributed by atoms with E-state index in [0.29, 0.717) is 5.57 Å². The maximum Gasteiger partial charge on any atom is 0.352 e. The molecule has 5 heteroatoms. The molecule has 0 aliphatic heterocycles. The van der Waals surface area contributed by atoms with Crippen LogP contribution in [-0.4, -0.2) is 21.4 Å². The number of aromatic carboxylic acids is 1. The first kappa shape index (κ1) is 21.3. The quantitative estimate of drug-likeness (QED) is 0.471. The monoisotopic (exact) mass is 331 g/mol. The molecule has 0 spiro atoms. The van der Waals surface area contributed by atoms with Crippen LogP contribution in [0.4, 0.5) is 0 Å². The van der Waals surface area contributed by atoms with Gasteiger partial charge in [-0.15, -0.1) is 6.58 Å². The van der Waals surface area contributed by atoms with E-state index in [-0.39, 0.29) is 18.0 Å². The normalized spacial score (nSPS) is 11.1. The molecule has 130 valence electrons. The summed E-state index contributed by atoms with van der Waals surface area (Å²) in [6.07, 6.45) is 4.76. The fraction of sp³-hybridized carbons (Fsp3) is 0.316. The number of Topliss-reactive ketones (excluding diaryl/α,β-unsaturated/α-hetero) is 1. The second-order valence-corrected chi connectivity index (χ2v) is 5.39. The SMILES string of the molecule is C=C/C(=C\C(C)(C)C=C)C(=O)Cn1c(C(=O)O)cccc1=O.CC. The molecule has 5 nitrogen and oxygen atoms in total. The van der Waals surface area contributed by atoms with Gasteiger partial charge in [0.25, 0.3) is 5.56 Å². The zero-order chi connectivity index (χ0) is 18.9. The minimum absolute atomic E-state index is 0.229. The van der Waals surface area contributed by atoms with E-state index < -0.39 is 16.9 Å². The van der Waals surface area contributed by atoms with Gasteiger partial charge in [0.1, 0.15) is 5.69 Å². The van der Waals surface area contributed by atoms with Crippen LogP contribution in [0.15, 0.2) is 60.0 Å². The molecule has 1 N–H and O–H groups in total. The van der Waals surface area contributed by atoms with Crippen molar-refractivity contribution in [1.82, 2.24) is 4.57 Å². The van der Waals surface area contributed by atoms with Crippen LogP contribution in [0.1, 0.15) is 38.2 Å². The summed E-state index contributed by atoms with van der Waals surface area (Å²) in [5.74, 6) is -1.65. The van der Waals surface area contributed by atoms with Gasteiger partial charge >= 0.3 is 5.97 Å². The first-order chi connectivity index (χ1) is 11.2. The van der Waals surface area contributed by atoms with Gasteiger partial charge in [0.15, 0.2) is 5.78 Å². The summed E-state index contributed by atoms with van der Waals surface area (Å²) in [6, 6.07) is 3.84. The van der Waals surface area contributed by atoms with Gasteiger partial charge < -0.3 is 5.11 Å². The van der Waals surface area contributed by atoms with Crippen molar-refractivity contribution in [1.29, 1.82) is 0 Å². The molecule has 0 atom stereocenters. The lowest BCUT2D eigenvalue weighted by Crippen LogP contribution is -2.29. The molecule has 0 saturated heterocycles. The number of ketones is 1. The van der Waals surface area contributed by atoms with Crippen LogP contribution in [0.25, 0.3) is 0 Å². The number of carbonyl (C=O) groups is 2. The van der Waals surface area contributed by atoms with Crippen molar-refractivity contribution in [2.75, 3.05) is 0 Å². The molecule has 1 rings (SSSR count). The fourth-order valence-electron chi connectivity index (χ4n) is 1.82. The highest BCUT2D eigenvalue weighted by Crippen LogP contribution is 2.21. The van der Waals surface area contributed by atoms with E-state index in [2.05, 4.69) is 13.2 Å². The van der Waals surface area contributed by atoms with Gasteiger partial charge in [-0.2, -0.15) is 0 Å². The number of carboxylic acids is 1. The Hall–Kier alpha value is -2.69. The summed E-state index contributed by atoms with van der Waals surface area (Å²) in [7, 11) is 0. The number of rotatable bonds is 7. The lowest BCUT2D eigenvalue weighted by molar-refractivity contribution is -0.115. The molecule has 1 aromatic heterocycles. The minimum Gasteiger partial charge on any atom is -0.477 e. The van der Waals surface area contributed by atoms with Gasteiger partial charge in [-0.25, -0.2) is 4.79 Å². The summed E-state index contributed by atoms with van der Waals surface area (Å²) < 4.78 is 0.933. The average molecular weight is 331 g/mol. The third-order valence-electron chi connectivity index (χ3n) is 3.17. The average Bonchev–Trinajstić information content (AvgIpc) is 2.56. The van der Waals surface area contributed by atoms with Crippen molar-refractivity contribution < 1.29 is 14.7 Å². The van der Waals surface area contributed by atoms with Crippen LogP contribution in [0.3, 0.4) is 0 Å². The molecule has 0 saturated carbocycles. The molecule has 0 aromatic carbocycles. The molecule has 0 fully saturated rings. The van der Waals surface area contributed by atoms with Crippen LogP contribution in [-0.2, 0) is 11.3 Å². The Labute approximate surface area is 142 Å². The topological polar surface area (TPSA) is 76.4 Å². The number of hydrogen-bond donors (Lipinski definition) is 1. The number of pyridine rings is 1. The molecule has 0 aliphatic rings. The number of allylic oxidation sites excluding steroid dienone is 4. The number of carbonyl (C=O) groups excluding carboxylic acids is 1. The predicted octanol–water partition coefficient (Wildman–Crippen LogP) is 3.47. The van der Waals surface area contributed by atoms with Gasteiger partial charge in [-0.3, -0.25) is 14.2 Å². The third kappa shape index (κ3) is 5.83. The summed E-state index contributed by atoms with van der Waals surface area (Å²) >= 11 is 0. The van der Waals surface area contributed by atoms with E-state index in [4.69, 9.17) is 5.11 Å². The Bertz CT molecular complexity index is 708. The van der Waals surface area contributed by atoms with Crippen LogP contribution in [0.5, 0.6) is 0 Å². The summed E-state index contributed by atoms with van der Waals surface area (Å²) in [4.78, 5) is 35.3. The largest absolute Gasteiger partial charge is 0.477 e. The number of hydrogen-bond acceptors (Lipinski definition) is 3. The Morgan fingerprint density at radius 3 is 2.29 bits per heavy atom. The van der Waals surface area contributed by atoms with E-state index in [1.165, 1.54) is 24.3 Å². The molecule has 1 heterocycles. The van der Waals surface area contributed by atoms with E-state index in [1.54, 1.807) is 12.2 Å². The molecular formula is C19H25NO4. The lowest BCUT2D eigenvalue weighted by atomic mass is 9.90. The summed E-state index contributed by atoms with van der Waals surface area (Å²) in [5.41, 5.74) is -0.875.